The van der Waals surface area contributed by atoms with Crippen molar-refractivity contribution >= 4 is 0 Å². The minimum atomic E-state index is -0.669. The average molecular weight is 219 g/mol. The third-order valence-corrected chi connectivity index (χ3v) is 2.30. The van der Waals surface area contributed by atoms with Crippen molar-refractivity contribution in [3.8, 4) is 0 Å². The molecular formula is C11H25NO3. The van der Waals surface area contributed by atoms with Crippen LogP contribution in [0.5, 0.6) is 0 Å². The lowest BCUT2D eigenvalue weighted by Gasteiger charge is -2.23. The van der Waals surface area contributed by atoms with Crippen LogP contribution in [0.3, 0.4) is 0 Å². The van der Waals surface area contributed by atoms with E-state index in [0.29, 0.717) is 19.6 Å². The molecule has 0 rings (SSSR count). The molecule has 1 atom stereocenters. The first-order valence-electron chi connectivity index (χ1n) is 5.53. The highest BCUT2D eigenvalue weighted by Crippen LogP contribution is 2.07. The molecular weight excluding hydrogens is 194 g/mol. The highest BCUT2D eigenvalue weighted by molar-refractivity contribution is 4.74. The van der Waals surface area contributed by atoms with E-state index in [4.69, 9.17) is 9.47 Å². The molecule has 0 aliphatic carbocycles. The quantitative estimate of drug-likeness (QED) is 0.533. The predicted octanol–water partition coefficient (Wildman–Crippen LogP) is 0.790. The predicted molar refractivity (Wildman–Crippen MR) is 61.1 cm³/mol. The molecule has 92 valence electrons. The molecule has 0 saturated heterocycles. The number of hydrogen-bond donors (Lipinski definition) is 2. The molecule has 0 aromatic carbocycles. The molecule has 0 radical (unpaired) electrons. The molecule has 4 heteroatoms. The third-order valence-electron chi connectivity index (χ3n) is 2.30. The van der Waals surface area contributed by atoms with Crippen molar-refractivity contribution in [1.29, 1.82) is 0 Å². The Labute approximate surface area is 93.0 Å². The second-order valence-electron chi connectivity index (χ2n) is 4.12. The van der Waals surface area contributed by atoms with Gasteiger partial charge in [0, 0.05) is 40.4 Å². The molecule has 0 amide bonds. The molecule has 0 heterocycles. The lowest BCUT2D eigenvalue weighted by atomic mass is 10.0. The zero-order chi connectivity index (χ0) is 11.6. The van der Waals surface area contributed by atoms with Gasteiger partial charge in [-0.05, 0) is 26.3 Å². The van der Waals surface area contributed by atoms with Crippen molar-refractivity contribution in [3.63, 3.8) is 0 Å². The Morgan fingerprint density at radius 1 is 1.13 bits per heavy atom. The van der Waals surface area contributed by atoms with E-state index < -0.39 is 5.60 Å². The van der Waals surface area contributed by atoms with Crippen LogP contribution in [0.2, 0.25) is 0 Å². The van der Waals surface area contributed by atoms with Gasteiger partial charge in [-0.1, -0.05) is 0 Å². The molecule has 0 aliphatic rings. The van der Waals surface area contributed by atoms with Crippen LogP contribution in [0.25, 0.3) is 0 Å². The average Bonchev–Trinajstić information content (AvgIpc) is 2.20. The van der Waals surface area contributed by atoms with Crippen LogP contribution in [-0.2, 0) is 9.47 Å². The monoisotopic (exact) mass is 219 g/mol. The van der Waals surface area contributed by atoms with E-state index in [1.165, 1.54) is 0 Å². The molecule has 0 aliphatic heterocycles. The summed E-state index contributed by atoms with van der Waals surface area (Å²) in [6.07, 6.45) is 2.80. The van der Waals surface area contributed by atoms with E-state index in [1.54, 1.807) is 14.2 Å². The van der Waals surface area contributed by atoms with Crippen LogP contribution >= 0.6 is 0 Å². The van der Waals surface area contributed by atoms with Gasteiger partial charge in [-0.25, -0.2) is 0 Å². The van der Waals surface area contributed by atoms with Gasteiger partial charge in [-0.2, -0.15) is 0 Å². The van der Waals surface area contributed by atoms with Gasteiger partial charge in [0.05, 0.1) is 5.60 Å². The van der Waals surface area contributed by atoms with Crippen LogP contribution in [0.15, 0.2) is 0 Å². The van der Waals surface area contributed by atoms with E-state index in [9.17, 15) is 5.11 Å². The van der Waals surface area contributed by atoms with E-state index in [-0.39, 0.29) is 0 Å². The molecule has 0 fully saturated rings. The molecule has 0 bridgehead atoms. The van der Waals surface area contributed by atoms with Crippen molar-refractivity contribution in [2.24, 2.45) is 0 Å². The Morgan fingerprint density at radius 3 is 2.40 bits per heavy atom. The summed E-state index contributed by atoms with van der Waals surface area (Å²) in [6.45, 7) is 4.77. The Kier molecular flexibility index (Phi) is 9.00. The van der Waals surface area contributed by atoms with Gasteiger partial charge in [0.2, 0.25) is 0 Å². The topological polar surface area (TPSA) is 50.7 Å². The highest BCUT2D eigenvalue weighted by Gasteiger charge is 2.18. The van der Waals surface area contributed by atoms with E-state index in [2.05, 4.69) is 5.32 Å². The molecule has 1 unspecified atom stereocenters. The minimum absolute atomic E-state index is 0.596. The van der Waals surface area contributed by atoms with Crippen LogP contribution in [-0.4, -0.2) is 51.2 Å². The number of nitrogens with one attached hydrogen (secondary N) is 1. The second-order valence-corrected chi connectivity index (χ2v) is 4.12. The van der Waals surface area contributed by atoms with Crippen molar-refractivity contribution in [3.05, 3.63) is 0 Å². The third kappa shape index (κ3) is 10.1. The number of methoxy groups -OCH3 is 2. The Morgan fingerprint density at radius 2 is 1.80 bits per heavy atom. The summed E-state index contributed by atoms with van der Waals surface area (Å²) in [7, 11) is 3.36. The van der Waals surface area contributed by atoms with Crippen molar-refractivity contribution < 1.29 is 14.6 Å². The first kappa shape index (κ1) is 14.8. The van der Waals surface area contributed by atoms with Crippen molar-refractivity contribution in [1.82, 2.24) is 5.32 Å². The number of aliphatic hydroxyl groups is 1. The molecule has 0 aromatic rings. The zero-order valence-corrected chi connectivity index (χ0v) is 10.2. The van der Waals surface area contributed by atoms with Crippen LogP contribution in [0.4, 0.5) is 0 Å². The summed E-state index contributed by atoms with van der Waals surface area (Å²) in [5.74, 6) is 0. The van der Waals surface area contributed by atoms with Gasteiger partial charge >= 0.3 is 0 Å². The maximum atomic E-state index is 9.88. The Balaban J connectivity index is 3.32. The maximum absolute atomic E-state index is 9.88. The molecule has 15 heavy (non-hydrogen) atoms. The van der Waals surface area contributed by atoms with Gasteiger partial charge in [0.1, 0.15) is 0 Å². The highest BCUT2D eigenvalue weighted by atomic mass is 16.5. The van der Waals surface area contributed by atoms with Crippen molar-refractivity contribution in [2.45, 2.75) is 31.8 Å². The van der Waals surface area contributed by atoms with Gasteiger partial charge in [0.15, 0.2) is 0 Å². The summed E-state index contributed by atoms with van der Waals surface area (Å²) in [6, 6.07) is 0. The zero-order valence-electron chi connectivity index (χ0n) is 10.2. The molecule has 4 nitrogen and oxygen atoms in total. The van der Waals surface area contributed by atoms with Crippen LogP contribution in [0.1, 0.15) is 26.2 Å². The smallest absolute Gasteiger partial charge is 0.0765 e. The summed E-state index contributed by atoms with van der Waals surface area (Å²) in [4.78, 5) is 0. The molecule has 0 spiro atoms. The summed E-state index contributed by atoms with van der Waals surface area (Å²) in [5.41, 5.74) is -0.669. The standard InChI is InChI=1S/C11H25NO3/c1-11(13,6-9-15-3)10-12-7-4-5-8-14-2/h12-13H,4-10H2,1-3H3. The summed E-state index contributed by atoms with van der Waals surface area (Å²) < 4.78 is 9.88. The van der Waals surface area contributed by atoms with E-state index in [0.717, 1.165) is 26.0 Å². The first-order valence-corrected chi connectivity index (χ1v) is 5.53. The number of ether oxygens (including phenoxy) is 2. The fourth-order valence-electron chi connectivity index (χ4n) is 1.26. The SMILES string of the molecule is COCCCCNCC(C)(O)CCOC. The fraction of sp³-hybridized carbons (Fsp3) is 1.00. The largest absolute Gasteiger partial charge is 0.389 e. The van der Waals surface area contributed by atoms with Crippen LogP contribution in [0, 0.1) is 0 Å². The number of rotatable bonds is 10. The summed E-state index contributed by atoms with van der Waals surface area (Å²) >= 11 is 0. The minimum Gasteiger partial charge on any atom is -0.389 e. The first-order chi connectivity index (χ1) is 7.12. The second kappa shape index (κ2) is 9.09. The fourth-order valence-corrected chi connectivity index (χ4v) is 1.26. The lowest BCUT2D eigenvalue weighted by molar-refractivity contribution is 0.0250. The number of hydrogen-bond acceptors (Lipinski definition) is 4. The van der Waals surface area contributed by atoms with E-state index in [1.807, 2.05) is 6.92 Å². The maximum Gasteiger partial charge on any atom is 0.0765 e. The Bertz CT molecular complexity index is 140. The molecule has 0 saturated carbocycles. The van der Waals surface area contributed by atoms with Gasteiger partial charge in [0.25, 0.3) is 0 Å². The van der Waals surface area contributed by atoms with Crippen LogP contribution < -0.4 is 5.32 Å². The normalized spacial score (nSPS) is 15.2. The van der Waals surface area contributed by atoms with Crippen molar-refractivity contribution in [2.75, 3.05) is 40.5 Å². The van der Waals surface area contributed by atoms with Gasteiger partial charge < -0.3 is 19.9 Å². The van der Waals surface area contributed by atoms with Gasteiger partial charge in [-0.3, -0.25) is 0 Å². The summed E-state index contributed by atoms with van der Waals surface area (Å²) in [5, 5.41) is 13.1. The lowest BCUT2D eigenvalue weighted by Crippen LogP contribution is -2.39. The van der Waals surface area contributed by atoms with E-state index >= 15 is 0 Å². The number of unbranched alkanes of at least 4 members (excludes halogenated alkanes) is 1. The Hall–Kier alpha value is -0.160. The molecule has 2 N–H and O–H groups in total. The van der Waals surface area contributed by atoms with Gasteiger partial charge in [-0.15, -0.1) is 0 Å². The molecule has 0 aromatic heterocycles.